The molecule has 2 amide bonds. The molecule has 1 N–H and O–H groups in total. The Balaban J connectivity index is 1.75. The fourth-order valence-electron chi connectivity index (χ4n) is 3.66. The molecular weight excluding hydrogens is 400 g/mol. The lowest BCUT2D eigenvalue weighted by atomic mass is 9.95. The van der Waals surface area contributed by atoms with Crippen molar-refractivity contribution in [3.8, 4) is 5.75 Å². The molecule has 1 heterocycles. The molecule has 2 unspecified atom stereocenters. The lowest BCUT2D eigenvalue weighted by Crippen LogP contribution is -2.45. The highest BCUT2D eigenvalue weighted by Gasteiger charge is 2.36. The predicted octanol–water partition coefficient (Wildman–Crippen LogP) is 4.68. The molecule has 0 spiro atoms. The van der Waals surface area contributed by atoms with Crippen LogP contribution >= 0.6 is 11.6 Å². The van der Waals surface area contributed by atoms with Gasteiger partial charge in [0.15, 0.2) is 6.10 Å². The van der Waals surface area contributed by atoms with Gasteiger partial charge >= 0.3 is 0 Å². The molecule has 1 aliphatic heterocycles. The van der Waals surface area contributed by atoms with Gasteiger partial charge < -0.3 is 15.0 Å². The van der Waals surface area contributed by atoms with Gasteiger partial charge in [-0.05, 0) is 42.8 Å². The van der Waals surface area contributed by atoms with Gasteiger partial charge in [-0.2, -0.15) is 0 Å². The highest BCUT2D eigenvalue weighted by Crippen LogP contribution is 2.37. The molecule has 3 aromatic carbocycles. The minimum Gasteiger partial charge on any atom is -0.481 e. The monoisotopic (exact) mass is 420 g/mol. The average Bonchev–Trinajstić information content (AvgIpc) is 2.90. The van der Waals surface area contributed by atoms with Crippen molar-refractivity contribution in [2.75, 3.05) is 11.9 Å². The summed E-state index contributed by atoms with van der Waals surface area (Å²) in [5, 5.41) is 3.42. The number of halogens is 1. The lowest BCUT2D eigenvalue weighted by molar-refractivity contribution is -0.142. The van der Waals surface area contributed by atoms with Crippen LogP contribution in [0.2, 0.25) is 5.02 Å². The average molecular weight is 421 g/mol. The summed E-state index contributed by atoms with van der Waals surface area (Å²) in [4.78, 5) is 27.6. The molecule has 0 aromatic heterocycles. The zero-order valence-corrected chi connectivity index (χ0v) is 17.2. The van der Waals surface area contributed by atoms with Crippen molar-refractivity contribution in [2.24, 2.45) is 0 Å². The third-order valence-electron chi connectivity index (χ3n) is 5.01. The number of ether oxygens (including phenoxy) is 1. The van der Waals surface area contributed by atoms with Crippen molar-refractivity contribution in [3.63, 3.8) is 0 Å². The van der Waals surface area contributed by atoms with Crippen LogP contribution < -0.4 is 10.1 Å². The van der Waals surface area contributed by atoms with E-state index < -0.39 is 12.1 Å². The molecule has 0 fully saturated rings. The first kappa shape index (κ1) is 20.0. The fraction of sp³-hybridized carbons (Fsp3) is 0.167. The van der Waals surface area contributed by atoms with Crippen LogP contribution in [0, 0.1) is 0 Å². The van der Waals surface area contributed by atoms with Crippen LogP contribution in [-0.4, -0.2) is 29.4 Å². The van der Waals surface area contributed by atoms with E-state index in [4.69, 9.17) is 16.3 Å². The van der Waals surface area contributed by atoms with Gasteiger partial charge in [-0.3, -0.25) is 9.59 Å². The maximum Gasteiger partial charge on any atom is 0.264 e. The number of anilines is 1. The number of nitrogens with zero attached hydrogens (tertiary/aromatic N) is 1. The van der Waals surface area contributed by atoms with E-state index in [0.717, 1.165) is 11.1 Å². The Hall–Kier alpha value is -3.31. The van der Waals surface area contributed by atoms with Crippen molar-refractivity contribution >= 4 is 29.1 Å². The Labute approximate surface area is 180 Å². The molecule has 0 bridgehead atoms. The van der Waals surface area contributed by atoms with E-state index in [1.165, 1.54) is 0 Å². The molecule has 30 heavy (non-hydrogen) atoms. The number of carbonyl (C=O) groups is 2. The Morgan fingerprint density at radius 1 is 1.07 bits per heavy atom. The largest absolute Gasteiger partial charge is 0.481 e. The van der Waals surface area contributed by atoms with Crippen molar-refractivity contribution in [2.45, 2.75) is 19.1 Å². The number of hydrogen-bond acceptors (Lipinski definition) is 3. The van der Waals surface area contributed by atoms with Gasteiger partial charge in [-0.15, -0.1) is 0 Å². The van der Waals surface area contributed by atoms with Gasteiger partial charge in [-0.25, -0.2) is 0 Å². The molecule has 0 saturated heterocycles. The third-order valence-corrected chi connectivity index (χ3v) is 5.25. The number of benzene rings is 3. The molecule has 0 aliphatic carbocycles. The summed E-state index contributed by atoms with van der Waals surface area (Å²) in [6.07, 6.45) is -0.771. The highest BCUT2D eigenvalue weighted by molar-refractivity contribution is 6.30. The summed E-state index contributed by atoms with van der Waals surface area (Å²) in [5.41, 5.74) is 2.29. The Bertz CT molecular complexity index is 1060. The van der Waals surface area contributed by atoms with Gasteiger partial charge in [0.2, 0.25) is 5.91 Å². The van der Waals surface area contributed by atoms with Crippen LogP contribution in [0.3, 0.4) is 0 Å². The Morgan fingerprint density at radius 3 is 2.43 bits per heavy atom. The second-order valence-electron chi connectivity index (χ2n) is 7.13. The first-order chi connectivity index (χ1) is 14.5. The maximum atomic E-state index is 13.5. The molecule has 1 aliphatic rings. The molecule has 6 heteroatoms. The minimum absolute atomic E-state index is 0.0901. The molecule has 2 atom stereocenters. The minimum atomic E-state index is -0.771. The van der Waals surface area contributed by atoms with E-state index in [1.54, 1.807) is 42.2 Å². The second kappa shape index (κ2) is 8.59. The first-order valence-electron chi connectivity index (χ1n) is 9.69. The van der Waals surface area contributed by atoms with Crippen LogP contribution in [0.15, 0.2) is 78.9 Å². The molecule has 152 valence electrons. The van der Waals surface area contributed by atoms with Crippen molar-refractivity contribution in [3.05, 3.63) is 95.0 Å². The normalized spacial score (nSPS) is 16.8. The zero-order chi connectivity index (χ0) is 21.1. The number of carbonyl (C=O) groups excluding carboxylic acids is 2. The van der Waals surface area contributed by atoms with E-state index in [2.05, 4.69) is 5.32 Å². The molecular formula is C24H21ClN2O3. The number of para-hydroxylation sites is 1. The third kappa shape index (κ3) is 4.16. The zero-order valence-electron chi connectivity index (χ0n) is 16.4. The van der Waals surface area contributed by atoms with Crippen molar-refractivity contribution in [1.82, 2.24) is 4.90 Å². The Morgan fingerprint density at radius 2 is 1.73 bits per heavy atom. The SMILES string of the molecule is CC(Oc1ccccc1)C(=O)N1CC(=O)Nc2ccc(Cl)cc2C1c1ccccc1. The van der Waals surface area contributed by atoms with Crippen LogP contribution in [-0.2, 0) is 9.59 Å². The van der Waals surface area contributed by atoms with E-state index in [9.17, 15) is 9.59 Å². The van der Waals surface area contributed by atoms with Gasteiger partial charge in [0.05, 0.1) is 6.04 Å². The van der Waals surface area contributed by atoms with Crippen LogP contribution in [0.5, 0.6) is 5.75 Å². The van der Waals surface area contributed by atoms with Gasteiger partial charge in [0.25, 0.3) is 5.91 Å². The van der Waals surface area contributed by atoms with E-state index in [1.807, 2.05) is 48.5 Å². The smallest absolute Gasteiger partial charge is 0.264 e. The van der Waals surface area contributed by atoms with Gasteiger partial charge in [0.1, 0.15) is 12.3 Å². The number of rotatable bonds is 4. The molecule has 0 radical (unpaired) electrons. The first-order valence-corrected chi connectivity index (χ1v) is 10.1. The summed E-state index contributed by atoms with van der Waals surface area (Å²) < 4.78 is 5.85. The van der Waals surface area contributed by atoms with Crippen LogP contribution in [0.1, 0.15) is 24.1 Å². The quantitative estimate of drug-likeness (QED) is 0.666. The molecule has 5 nitrogen and oxygen atoms in total. The van der Waals surface area contributed by atoms with Crippen LogP contribution in [0.25, 0.3) is 0 Å². The number of amides is 2. The summed E-state index contributed by atoms with van der Waals surface area (Å²) >= 11 is 6.28. The van der Waals surface area contributed by atoms with Gasteiger partial charge in [0, 0.05) is 16.3 Å². The van der Waals surface area contributed by atoms with E-state index in [-0.39, 0.29) is 18.4 Å². The van der Waals surface area contributed by atoms with Crippen molar-refractivity contribution in [1.29, 1.82) is 0 Å². The predicted molar refractivity (Wildman–Crippen MR) is 117 cm³/mol. The molecule has 4 rings (SSSR count). The lowest BCUT2D eigenvalue weighted by Gasteiger charge is -2.32. The highest BCUT2D eigenvalue weighted by atomic mass is 35.5. The number of nitrogens with one attached hydrogen (secondary N) is 1. The summed E-state index contributed by atoms with van der Waals surface area (Å²) in [6.45, 7) is 1.60. The topological polar surface area (TPSA) is 58.6 Å². The van der Waals surface area contributed by atoms with Crippen molar-refractivity contribution < 1.29 is 14.3 Å². The van der Waals surface area contributed by atoms with E-state index >= 15 is 0 Å². The summed E-state index contributed by atoms with van der Waals surface area (Å²) in [5.74, 6) is 0.0466. The van der Waals surface area contributed by atoms with E-state index in [0.29, 0.717) is 16.5 Å². The fourth-order valence-corrected chi connectivity index (χ4v) is 3.84. The maximum absolute atomic E-state index is 13.5. The summed E-state index contributed by atoms with van der Waals surface area (Å²) in [6, 6.07) is 23.6. The molecule has 0 saturated carbocycles. The molecule has 3 aromatic rings. The second-order valence-corrected chi connectivity index (χ2v) is 7.57. The summed E-state index contributed by atoms with van der Waals surface area (Å²) in [7, 11) is 0. The van der Waals surface area contributed by atoms with Gasteiger partial charge in [-0.1, -0.05) is 60.1 Å². The Kier molecular flexibility index (Phi) is 5.72. The standard InChI is InChI=1S/C24H21ClN2O3/c1-16(30-19-10-6-3-7-11-19)24(29)27-15-22(28)26-21-13-12-18(25)14-20(21)23(27)17-8-4-2-5-9-17/h2-14,16,23H,15H2,1H3,(H,26,28). The van der Waals surface area contributed by atoms with Crippen LogP contribution in [0.4, 0.5) is 5.69 Å². The number of fused-ring (bicyclic) bond motifs is 1. The number of hydrogen-bond donors (Lipinski definition) is 1.